The largest absolute Gasteiger partial charge is 0.381 e. The number of fused-ring (bicyclic) bond motifs is 2. The van der Waals surface area contributed by atoms with Crippen LogP contribution in [0.15, 0.2) is 66.9 Å². The first kappa shape index (κ1) is 24.4. The summed E-state index contributed by atoms with van der Waals surface area (Å²) in [5.41, 5.74) is 5.23. The van der Waals surface area contributed by atoms with Crippen molar-refractivity contribution in [1.82, 2.24) is 20.5 Å². The van der Waals surface area contributed by atoms with Gasteiger partial charge in [0, 0.05) is 51.6 Å². The van der Waals surface area contributed by atoms with E-state index in [-0.39, 0.29) is 5.54 Å². The summed E-state index contributed by atoms with van der Waals surface area (Å²) in [5, 5.41) is 7.43. The topological polar surface area (TPSA) is 49.4 Å². The Labute approximate surface area is 210 Å². The lowest BCUT2D eigenvalue weighted by Crippen LogP contribution is -2.52. The van der Waals surface area contributed by atoms with Gasteiger partial charge in [0.15, 0.2) is 0 Å². The third kappa shape index (κ3) is 5.92. The smallest absolute Gasteiger partial charge is 0.0796 e. The van der Waals surface area contributed by atoms with Gasteiger partial charge in [0.1, 0.15) is 0 Å². The normalized spacial score (nSPS) is 24.6. The molecule has 5 rings (SSSR count). The first-order chi connectivity index (χ1) is 17.2. The fourth-order valence-electron chi connectivity index (χ4n) is 5.78. The second kappa shape index (κ2) is 11.6. The molecule has 2 aliphatic heterocycles. The van der Waals surface area contributed by atoms with Crippen LogP contribution in [0, 0.1) is 5.92 Å². The number of aromatic nitrogens is 1. The number of hydrogen-bond acceptors (Lipinski definition) is 5. The molecule has 0 spiro atoms. The Morgan fingerprint density at radius 1 is 1.11 bits per heavy atom. The summed E-state index contributed by atoms with van der Waals surface area (Å²) >= 11 is 0. The number of rotatable bonds is 9. The number of allylic oxidation sites excluding steroid dienone is 1. The number of pyridine rings is 1. The van der Waals surface area contributed by atoms with Gasteiger partial charge in [-0.1, -0.05) is 54.6 Å². The fraction of sp³-hybridized carbons (Fsp3) is 0.500. The highest BCUT2D eigenvalue weighted by molar-refractivity contribution is 5.37. The highest BCUT2D eigenvalue weighted by atomic mass is 16.5. The van der Waals surface area contributed by atoms with E-state index < -0.39 is 0 Å². The molecule has 35 heavy (non-hydrogen) atoms. The average molecular weight is 473 g/mol. The van der Waals surface area contributed by atoms with E-state index in [1.165, 1.54) is 35.2 Å². The molecular weight excluding hydrogens is 432 g/mol. The molecule has 0 bridgehead atoms. The Kier molecular flexibility index (Phi) is 8.09. The summed E-state index contributed by atoms with van der Waals surface area (Å²) in [6.45, 7) is 8.99. The predicted molar refractivity (Wildman–Crippen MR) is 142 cm³/mol. The Balaban J connectivity index is 1.26. The Morgan fingerprint density at radius 2 is 1.94 bits per heavy atom. The number of hydrogen-bond donors (Lipinski definition) is 2. The van der Waals surface area contributed by atoms with Gasteiger partial charge in [0.05, 0.1) is 11.2 Å². The Hall–Kier alpha value is -2.31. The summed E-state index contributed by atoms with van der Waals surface area (Å²) in [6, 6.07) is 13.6. The van der Waals surface area contributed by atoms with Crippen LogP contribution in [0.1, 0.15) is 42.1 Å². The summed E-state index contributed by atoms with van der Waals surface area (Å²) in [7, 11) is 0. The van der Waals surface area contributed by atoms with Crippen LogP contribution in [0.5, 0.6) is 0 Å². The third-order valence-electron chi connectivity index (χ3n) is 7.94. The monoisotopic (exact) mass is 472 g/mol. The molecule has 0 saturated carbocycles. The SMILES string of the molecule is CC1(N(C/C=C/CNCC2CCOCC2)CC2Cc3ccccc3CN2)C=CCc2cccnc21. The molecular formula is C30H40N4O. The van der Waals surface area contributed by atoms with Crippen LogP contribution in [-0.2, 0) is 29.7 Å². The zero-order chi connectivity index (χ0) is 23.9. The maximum Gasteiger partial charge on any atom is 0.0796 e. The first-order valence-corrected chi connectivity index (χ1v) is 13.3. The average Bonchev–Trinajstić information content (AvgIpc) is 2.91. The maximum atomic E-state index is 5.48. The van der Waals surface area contributed by atoms with Crippen molar-refractivity contribution in [3.8, 4) is 0 Å². The van der Waals surface area contributed by atoms with E-state index >= 15 is 0 Å². The highest BCUT2D eigenvalue weighted by Gasteiger charge is 2.37. The zero-order valence-corrected chi connectivity index (χ0v) is 21.1. The second-order valence-electron chi connectivity index (χ2n) is 10.4. The molecule has 2 unspecified atom stereocenters. The number of nitrogens with zero attached hydrogens (tertiary/aromatic N) is 2. The predicted octanol–water partition coefficient (Wildman–Crippen LogP) is 4.00. The summed E-state index contributed by atoms with van der Waals surface area (Å²) in [5.74, 6) is 0.753. The highest BCUT2D eigenvalue weighted by Crippen LogP contribution is 2.35. The molecule has 2 aromatic rings. The van der Waals surface area contributed by atoms with Gasteiger partial charge < -0.3 is 15.4 Å². The lowest BCUT2D eigenvalue weighted by molar-refractivity contribution is 0.0666. The van der Waals surface area contributed by atoms with Crippen LogP contribution in [0.25, 0.3) is 0 Å². The van der Waals surface area contributed by atoms with Crippen molar-refractivity contribution in [3.63, 3.8) is 0 Å². The van der Waals surface area contributed by atoms with Crippen molar-refractivity contribution in [1.29, 1.82) is 0 Å². The minimum atomic E-state index is -0.215. The minimum Gasteiger partial charge on any atom is -0.381 e. The van der Waals surface area contributed by atoms with Gasteiger partial charge in [0.25, 0.3) is 0 Å². The molecule has 0 amide bonds. The molecule has 186 valence electrons. The van der Waals surface area contributed by atoms with E-state index in [4.69, 9.17) is 9.72 Å². The van der Waals surface area contributed by atoms with E-state index in [1.54, 1.807) is 0 Å². The zero-order valence-electron chi connectivity index (χ0n) is 21.1. The summed E-state index contributed by atoms with van der Waals surface area (Å²) in [6.07, 6.45) is 15.7. The van der Waals surface area contributed by atoms with Crippen LogP contribution in [0.2, 0.25) is 0 Å². The van der Waals surface area contributed by atoms with E-state index in [0.29, 0.717) is 6.04 Å². The minimum absolute atomic E-state index is 0.215. The van der Waals surface area contributed by atoms with Gasteiger partial charge in [0.2, 0.25) is 0 Å². The fourth-order valence-corrected chi connectivity index (χ4v) is 5.78. The second-order valence-corrected chi connectivity index (χ2v) is 10.4. The molecule has 3 heterocycles. The lowest BCUT2D eigenvalue weighted by atomic mass is 9.84. The van der Waals surface area contributed by atoms with Gasteiger partial charge >= 0.3 is 0 Å². The van der Waals surface area contributed by atoms with Crippen molar-refractivity contribution in [2.45, 2.75) is 50.7 Å². The molecule has 1 fully saturated rings. The van der Waals surface area contributed by atoms with E-state index in [9.17, 15) is 0 Å². The quantitative estimate of drug-likeness (QED) is 0.427. The van der Waals surface area contributed by atoms with E-state index in [2.05, 4.69) is 83.2 Å². The molecule has 0 radical (unpaired) electrons. The molecule has 2 N–H and O–H groups in total. The molecule has 1 aromatic heterocycles. The van der Waals surface area contributed by atoms with Crippen LogP contribution in [0.3, 0.4) is 0 Å². The molecule has 2 atom stereocenters. The number of nitrogens with one attached hydrogen (secondary N) is 2. The lowest BCUT2D eigenvalue weighted by Gasteiger charge is -2.43. The van der Waals surface area contributed by atoms with Gasteiger partial charge in [-0.3, -0.25) is 9.88 Å². The van der Waals surface area contributed by atoms with Crippen LogP contribution in [0.4, 0.5) is 0 Å². The van der Waals surface area contributed by atoms with E-state index in [0.717, 1.165) is 64.7 Å². The molecule has 1 aromatic carbocycles. The van der Waals surface area contributed by atoms with Crippen LogP contribution < -0.4 is 10.6 Å². The van der Waals surface area contributed by atoms with Crippen molar-refractivity contribution in [3.05, 3.63) is 89.3 Å². The van der Waals surface area contributed by atoms with Crippen molar-refractivity contribution >= 4 is 0 Å². The van der Waals surface area contributed by atoms with Gasteiger partial charge in [-0.25, -0.2) is 0 Å². The summed E-state index contributed by atoms with van der Waals surface area (Å²) in [4.78, 5) is 7.48. The molecule has 3 aliphatic rings. The first-order valence-electron chi connectivity index (χ1n) is 13.3. The molecule has 5 heteroatoms. The molecule has 1 aliphatic carbocycles. The van der Waals surface area contributed by atoms with E-state index in [1.807, 2.05) is 6.20 Å². The molecule has 5 nitrogen and oxygen atoms in total. The molecule has 1 saturated heterocycles. The Morgan fingerprint density at radius 3 is 2.83 bits per heavy atom. The summed E-state index contributed by atoms with van der Waals surface area (Å²) < 4.78 is 5.48. The van der Waals surface area contributed by atoms with Gasteiger partial charge in [-0.2, -0.15) is 0 Å². The van der Waals surface area contributed by atoms with Gasteiger partial charge in [-0.05, 0) is 67.8 Å². The van der Waals surface area contributed by atoms with Crippen molar-refractivity contribution < 1.29 is 4.74 Å². The van der Waals surface area contributed by atoms with Crippen molar-refractivity contribution in [2.24, 2.45) is 5.92 Å². The van der Waals surface area contributed by atoms with Crippen LogP contribution in [-0.4, -0.2) is 55.3 Å². The maximum absolute atomic E-state index is 5.48. The number of benzene rings is 1. The van der Waals surface area contributed by atoms with Crippen molar-refractivity contribution in [2.75, 3.05) is 39.4 Å². The van der Waals surface area contributed by atoms with Gasteiger partial charge in [-0.15, -0.1) is 0 Å². The number of ether oxygens (including phenoxy) is 1. The van der Waals surface area contributed by atoms with Crippen LogP contribution >= 0.6 is 0 Å². The Bertz CT molecular complexity index is 1030. The third-order valence-corrected chi connectivity index (χ3v) is 7.94. The standard InChI is InChI=1S/C30H40N4O/c1-30(14-6-10-25-11-7-16-32-29(25)30)34(17-5-4-15-31-21-24-12-18-35-19-13-24)23-28-20-26-8-2-3-9-27(26)22-33-28/h2-9,11,14,16,24,28,31,33H,10,12-13,15,17-23H2,1H3/b5-4+.